The summed E-state index contributed by atoms with van der Waals surface area (Å²) < 4.78 is 0. The highest BCUT2D eigenvalue weighted by molar-refractivity contribution is 4.82. The zero-order valence-corrected chi connectivity index (χ0v) is 8.85. The molecule has 0 aromatic heterocycles. The number of hydrogen-bond acceptors (Lipinski definition) is 2. The smallest absolute Gasteiger partial charge is 0.0249 e. The number of likely N-dealkylation sites (N-methyl/N-ethyl adjacent to an activating group) is 2. The van der Waals surface area contributed by atoms with Gasteiger partial charge in [0.25, 0.3) is 0 Å². The van der Waals surface area contributed by atoms with Crippen LogP contribution in [0, 0.1) is 5.92 Å². The van der Waals surface area contributed by atoms with Crippen LogP contribution >= 0.6 is 0 Å². The number of hydrogen-bond donors (Lipinski definition) is 1. The van der Waals surface area contributed by atoms with Gasteiger partial charge < -0.3 is 10.2 Å². The van der Waals surface area contributed by atoms with Crippen molar-refractivity contribution in [2.24, 2.45) is 5.92 Å². The van der Waals surface area contributed by atoms with E-state index in [0.717, 1.165) is 12.5 Å². The first-order chi connectivity index (χ1) is 5.53. The Bertz CT molecular complexity index is 139. The lowest BCUT2D eigenvalue weighted by Gasteiger charge is -2.29. The fraction of sp³-hybridized carbons (Fsp3) is 1.00. The Morgan fingerprint density at radius 3 is 2.42 bits per heavy atom. The molecule has 12 heavy (non-hydrogen) atoms. The number of nitrogens with zero attached hydrogens (tertiary/aromatic N) is 1. The second kappa shape index (κ2) is 3.75. The van der Waals surface area contributed by atoms with E-state index in [2.05, 4.69) is 31.1 Å². The van der Waals surface area contributed by atoms with Gasteiger partial charge in [-0.25, -0.2) is 0 Å². The van der Waals surface area contributed by atoms with Crippen LogP contribution in [-0.4, -0.2) is 37.6 Å². The minimum absolute atomic E-state index is 0.254. The first-order valence-electron chi connectivity index (χ1n) is 4.91. The molecule has 2 heteroatoms. The maximum absolute atomic E-state index is 3.32. The molecule has 1 rings (SSSR count). The molecule has 0 aliphatic heterocycles. The Balaban J connectivity index is 2.18. The third-order valence-electron chi connectivity index (χ3n) is 2.61. The first kappa shape index (κ1) is 10.0. The fourth-order valence-electron chi connectivity index (χ4n) is 1.56. The van der Waals surface area contributed by atoms with E-state index in [-0.39, 0.29) is 5.54 Å². The van der Waals surface area contributed by atoms with Gasteiger partial charge in [0.05, 0.1) is 0 Å². The molecule has 1 saturated carbocycles. The van der Waals surface area contributed by atoms with Crippen LogP contribution in [0.4, 0.5) is 0 Å². The Labute approximate surface area is 76.3 Å². The van der Waals surface area contributed by atoms with Crippen molar-refractivity contribution >= 4 is 0 Å². The van der Waals surface area contributed by atoms with Gasteiger partial charge in [-0.3, -0.25) is 0 Å². The standard InChI is InChI=1S/C10H22N2/c1-10(2,11-3)8-12(4)7-9-5-6-9/h9,11H,5-8H2,1-4H3. The molecule has 0 aromatic rings. The van der Waals surface area contributed by atoms with Crippen molar-refractivity contribution in [3.8, 4) is 0 Å². The molecule has 0 unspecified atom stereocenters. The minimum Gasteiger partial charge on any atom is -0.314 e. The van der Waals surface area contributed by atoms with Crippen LogP contribution in [0.2, 0.25) is 0 Å². The Morgan fingerprint density at radius 2 is 2.00 bits per heavy atom. The van der Waals surface area contributed by atoms with Crippen molar-refractivity contribution in [1.29, 1.82) is 0 Å². The van der Waals surface area contributed by atoms with E-state index in [0.29, 0.717) is 0 Å². The van der Waals surface area contributed by atoms with Crippen molar-refractivity contribution in [2.75, 3.05) is 27.2 Å². The van der Waals surface area contributed by atoms with Crippen molar-refractivity contribution in [3.63, 3.8) is 0 Å². The van der Waals surface area contributed by atoms with Crippen molar-refractivity contribution in [1.82, 2.24) is 10.2 Å². The zero-order valence-electron chi connectivity index (χ0n) is 8.85. The van der Waals surface area contributed by atoms with Crippen LogP contribution < -0.4 is 5.32 Å². The molecule has 0 amide bonds. The third-order valence-corrected chi connectivity index (χ3v) is 2.61. The van der Waals surface area contributed by atoms with Crippen molar-refractivity contribution in [3.05, 3.63) is 0 Å². The highest BCUT2D eigenvalue weighted by Gasteiger charge is 2.25. The average molecular weight is 170 g/mol. The second-order valence-electron chi connectivity index (χ2n) is 4.77. The predicted molar refractivity (Wildman–Crippen MR) is 53.4 cm³/mol. The summed E-state index contributed by atoms with van der Waals surface area (Å²) in [5.41, 5.74) is 0.254. The van der Waals surface area contributed by atoms with Gasteiger partial charge in [0.1, 0.15) is 0 Å². The van der Waals surface area contributed by atoms with Crippen molar-refractivity contribution < 1.29 is 0 Å². The monoisotopic (exact) mass is 170 g/mol. The first-order valence-corrected chi connectivity index (χ1v) is 4.91. The molecule has 0 spiro atoms. The SMILES string of the molecule is CNC(C)(C)CN(C)CC1CC1. The van der Waals surface area contributed by atoms with Gasteiger partial charge in [-0.15, -0.1) is 0 Å². The molecular formula is C10H22N2. The van der Waals surface area contributed by atoms with E-state index in [1.807, 2.05) is 7.05 Å². The van der Waals surface area contributed by atoms with E-state index < -0.39 is 0 Å². The van der Waals surface area contributed by atoms with Gasteiger partial charge in [-0.05, 0) is 46.7 Å². The highest BCUT2D eigenvalue weighted by atomic mass is 15.1. The molecule has 2 nitrogen and oxygen atoms in total. The zero-order chi connectivity index (χ0) is 9.19. The van der Waals surface area contributed by atoms with Crippen LogP contribution in [0.5, 0.6) is 0 Å². The summed E-state index contributed by atoms with van der Waals surface area (Å²) in [5, 5.41) is 3.32. The van der Waals surface area contributed by atoms with Gasteiger partial charge in [0.2, 0.25) is 0 Å². The Hall–Kier alpha value is -0.0800. The summed E-state index contributed by atoms with van der Waals surface area (Å²) in [5.74, 6) is 1.00. The quantitative estimate of drug-likeness (QED) is 0.669. The maximum Gasteiger partial charge on any atom is 0.0249 e. The predicted octanol–water partition coefficient (Wildman–Crippen LogP) is 1.33. The summed E-state index contributed by atoms with van der Waals surface area (Å²) in [6.07, 6.45) is 2.90. The Kier molecular flexibility index (Phi) is 3.13. The van der Waals surface area contributed by atoms with Crippen LogP contribution in [0.15, 0.2) is 0 Å². The number of rotatable bonds is 5. The van der Waals surface area contributed by atoms with E-state index in [4.69, 9.17) is 0 Å². The van der Waals surface area contributed by atoms with E-state index in [1.165, 1.54) is 19.4 Å². The maximum atomic E-state index is 3.32. The van der Waals surface area contributed by atoms with E-state index >= 15 is 0 Å². The molecule has 1 N–H and O–H groups in total. The van der Waals surface area contributed by atoms with Crippen LogP contribution in [0.25, 0.3) is 0 Å². The van der Waals surface area contributed by atoms with Crippen LogP contribution in [0.3, 0.4) is 0 Å². The molecule has 72 valence electrons. The molecule has 0 atom stereocenters. The topological polar surface area (TPSA) is 15.3 Å². The van der Waals surface area contributed by atoms with Crippen LogP contribution in [-0.2, 0) is 0 Å². The molecule has 1 aliphatic rings. The molecule has 0 aromatic carbocycles. The highest BCUT2D eigenvalue weighted by Crippen LogP contribution is 2.29. The second-order valence-corrected chi connectivity index (χ2v) is 4.77. The lowest BCUT2D eigenvalue weighted by atomic mass is 10.1. The summed E-state index contributed by atoms with van der Waals surface area (Å²) in [6, 6.07) is 0. The summed E-state index contributed by atoms with van der Waals surface area (Å²) in [4.78, 5) is 2.44. The average Bonchev–Trinajstić information content (AvgIpc) is 2.70. The molecule has 0 saturated heterocycles. The normalized spacial score (nSPS) is 18.8. The minimum atomic E-state index is 0.254. The Morgan fingerprint density at radius 1 is 1.42 bits per heavy atom. The molecule has 1 aliphatic carbocycles. The fourth-order valence-corrected chi connectivity index (χ4v) is 1.56. The summed E-state index contributed by atoms with van der Waals surface area (Å²) in [6.45, 7) is 6.91. The van der Waals surface area contributed by atoms with Gasteiger partial charge in [0.15, 0.2) is 0 Å². The molecule has 1 fully saturated rings. The number of nitrogens with one attached hydrogen (secondary N) is 1. The summed E-state index contributed by atoms with van der Waals surface area (Å²) in [7, 11) is 4.25. The van der Waals surface area contributed by atoms with Crippen LogP contribution in [0.1, 0.15) is 26.7 Å². The van der Waals surface area contributed by atoms with Gasteiger partial charge >= 0.3 is 0 Å². The van der Waals surface area contributed by atoms with Gasteiger partial charge in [0, 0.05) is 18.6 Å². The molecule has 0 bridgehead atoms. The summed E-state index contributed by atoms with van der Waals surface area (Å²) >= 11 is 0. The lowest BCUT2D eigenvalue weighted by Crippen LogP contribution is -2.46. The van der Waals surface area contributed by atoms with Crippen molar-refractivity contribution in [2.45, 2.75) is 32.2 Å². The van der Waals surface area contributed by atoms with Gasteiger partial charge in [-0.1, -0.05) is 0 Å². The molecular weight excluding hydrogens is 148 g/mol. The largest absolute Gasteiger partial charge is 0.314 e. The lowest BCUT2D eigenvalue weighted by molar-refractivity contribution is 0.237. The van der Waals surface area contributed by atoms with Gasteiger partial charge in [-0.2, -0.15) is 0 Å². The molecule has 0 heterocycles. The third kappa shape index (κ3) is 3.55. The molecule has 0 radical (unpaired) electrons. The van der Waals surface area contributed by atoms with E-state index in [1.54, 1.807) is 0 Å². The van der Waals surface area contributed by atoms with E-state index in [9.17, 15) is 0 Å².